The normalized spacial score (nSPS) is 10.8. The molecule has 0 bridgehead atoms. The van der Waals surface area contributed by atoms with Crippen molar-refractivity contribution in [3.05, 3.63) is 53.8 Å². The summed E-state index contributed by atoms with van der Waals surface area (Å²) < 4.78 is 7.88. The van der Waals surface area contributed by atoms with Crippen molar-refractivity contribution in [2.45, 2.75) is 25.0 Å². The van der Waals surface area contributed by atoms with Gasteiger partial charge >= 0.3 is 0 Å². The number of aromatic nitrogens is 4. The fourth-order valence-corrected chi connectivity index (χ4v) is 3.35. The Labute approximate surface area is 156 Å². The molecule has 2 aromatic heterocycles. The molecule has 0 aliphatic rings. The SMILES string of the molecule is CCCn1c(SCCOc2cccc(Cl)c2)nnc1-c1ccncc1. The lowest BCUT2D eigenvalue weighted by atomic mass is 10.2. The van der Waals surface area contributed by atoms with Gasteiger partial charge in [0, 0.05) is 35.3 Å². The first-order valence-electron chi connectivity index (χ1n) is 8.12. The van der Waals surface area contributed by atoms with Crippen LogP contribution in [0.3, 0.4) is 0 Å². The van der Waals surface area contributed by atoms with Crippen molar-refractivity contribution < 1.29 is 4.74 Å². The van der Waals surface area contributed by atoms with Crippen LogP contribution in [0.5, 0.6) is 5.75 Å². The minimum atomic E-state index is 0.578. The third-order valence-corrected chi connectivity index (χ3v) is 4.65. The molecule has 0 amide bonds. The van der Waals surface area contributed by atoms with Crippen LogP contribution < -0.4 is 4.74 Å². The van der Waals surface area contributed by atoms with Crippen LogP contribution in [-0.4, -0.2) is 32.1 Å². The van der Waals surface area contributed by atoms with Crippen LogP contribution in [0.4, 0.5) is 0 Å². The number of rotatable bonds is 8. The second kappa shape index (κ2) is 8.87. The second-order valence-corrected chi connectivity index (χ2v) is 6.85. The molecular weight excluding hydrogens is 356 g/mol. The van der Waals surface area contributed by atoms with Crippen molar-refractivity contribution in [3.63, 3.8) is 0 Å². The molecule has 0 fully saturated rings. The summed E-state index contributed by atoms with van der Waals surface area (Å²) in [4.78, 5) is 4.06. The van der Waals surface area contributed by atoms with Crippen LogP contribution in [0, 0.1) is 0 Å². The number of halogens is 1. The monoisotopic (exact) mass is 374 g/mol. The average Bonchev–Trinajstić information content (AvgIpc) is 3.03. The molecule has 0 saturated heterocycles. The fourth-order valence-electron chi connectivity index (χ4n) is 2.38. The molecule has 0 atom stereocenters. The lowest BCUT2D eigenvalue weighted by Gasteiger charge is -2.09. The Balaban J connectivity index is 1.63. The molecule has 0 N–H and O–H groups in total. The van der Waals surface area contributed by atoms with E-state index in [0.29, 0.717) is 11.6 Å². The lowest BCUT2D eigenvalue weighted by molar-refractivity contribution is 0.344. The van der Waals surface area contributed by atoms with Crippen LogP contribution in [0.15, 0.2) is 53.9 Å². The number of thioether (sulfide) groups is 1. The maximum absolute atomic E-state index is 5.96. The Morgan fingerprint density at radius 3 is 2.76 bits per heavy atom. The van der Waals surface area contributed by atoms with Gasteiger partial charge in [-0.1, -0.05) is 36.4 Å². The first-order valence-corrected chi connectivity index (χ1v) is 9.49. The number of benzene rings is 1. The Morgan fingerprint density at radius 1 is 1.16 bits per heavy atom. The zero-order valence-electron chi connectivity index (χ0n) is 13.9. The van der Waals surface area contributed by atoms with Gasteiger partial charge in [0.2, 0.25) is 0 Å². The van der Waals surface area contributed by atoms with Crippen LogP contribution >= 0.6 is 23.4 Å². The van der Waals surface area contributed by atoms with Gasteiger partial charge < -0.3 is 9.30 Å². The summed E-state index contributed by atoms with van der Waals surface area (Å²) in [6, 6.07) is 11.3. The average molecular weight is 375 g/mol. The van der Waals surface area contributed by atoms with E-state index in [1.807, 2.05) is 36.4 Å². The third-order valence-electron chi connectivity index (χ3n) is 3.48. The highest BCUT2D eigenvalue weighted by Crippen LogP contribution is 2.24. The molecule has 2 heterocycles. The summed E-state index contributed by atoms with van der Waals surface area (Å²) in [6.07, 6.45) is 4.56. The Bertz CT molecular complexity index is 810. The van der Waals surface area contributed by atoms with Gasteiger partial charge in [0.1, 0.15) is 5.75 Å². The van der Waals surface area contributed by atoms with Crippen LogP contribution in [0.25, 0.3) is 11.4 Å². The first kappa shape index (κ1) is 17.8. The molecule has 0 aliphatic heterocycles. The topological polar surface area (TPSA) is 52.8 Å². The summed E-state index contributed by atoms with van der Waals surface area (Å²) in [7, 11) is 0. The summed E-state index contributed by atoms with van der Waals surface area (Å²) in [6.45, 7) is 3.60. The van der Waals surface area contributed by atoms with Crippen molar-refractivity contribution in [2.75, 3.05) is 12.4 Å². The molecule has 5 nitrogen and oxygen atoms in total. The van der Waals surface area contributed by atoms with E-state index in [-0.39, 0.29) is 0 Å². The van der Waals surface area contributed by atoms with E-state index in [4.69, 9.17) is 16.3 Å². The standard InChI is InChI=1S/C18H19ClN4OS/c1-2-10-23-17(14-6-8-20-9-7-14)21-22-18(23)25-12-11-24-16-5-3-4-15(19)13-16/h3-9,13H,2,10-12H2,1H3. The Hall–Kier alpha value is -2.05. The fraction of sp³-hybridized carbons (Fsp3) is 0.278. The quantitative estimate of drug-likeness (QED) is 0.427. The molecule has 0 aliphatic carbocycles. The van der Waals surface area contributed by atoms with Gasteiger partial charge in [-0.2, -0.15) is 0 Å². The molecule has 0 spiro atoms. The van der Waals surface area contributed by atoms with Crippen molar-refractivity contribution in [2.24, 2.45) is 0 Å². The van der Waals surface area contributed by atoms with Crippen molar-refractivity contribution in [1.82, 2.24) is 19.7 Å². The van der Waals surface area contributed by atoms with E-state index in [0.717, 1.165) is 41.0 Å². The van der Waals surface area contributed by atoms with E-state index in [1.165, 1.54) is 0 Å². The summed E-state index contributed by atoms with van der Waals surface area (Å²) in [5, 5.41) is 10.3. The first-order chi connectivity index (χ1) is 12.3. The van der Waals surface area contributed by atoms with Gasteiger partial charge in [0.05, 0.1) is 6.61 Å². The second-order valence-electron chi connectivity index (χ2n) is 5.35. The molecule has 3 aromatic rings. The van der Waals surface area contributed by atoms with Crippen molar-refractivity contribution in [3.8, 4) is 17.1 Å². The summed E-state index contributed by atoms with van der Waals surface area (Å²) in [5.41, 5.74) is 1.03. The van der Waals surface area contributed by atoms with Crippen LogP contribution in [0.2, 0.25) is 5.02 Å². The molecule has 0 unspecified atom stereocenters. The zero-order chi connectivity index (χ0) is 17.5. The van der Waals surface area contributed by atoms with E-state index in [1.54, 1.807) is 24.2 Å². The van der Waals surface area contributed by atoms with E-state index in [9.17, 15) is 0 Å². The largest absolute Gasteiger partial charge is 0.493 e. The molecule has 0 saturated carbocycles. The molecule has 25 heavy (non-hydrogen) atoms. The van der Waals surface area contributed by atoms with Crippen molar-refractivity contribution in [1.29, 1.82) is 0 Å². The van der Waals surface area contributed by atoms with Gasteiger partial charge in [0.25, 0.3) is 0 Å². The van der Waals surface area contributed by atoms with Gasteiger partial charge in [-0.3, -0.25) is 4.98 Å². The van der Waals surface area contributed by atoms with E-state index in [2.05, 4.69) is 26.7 Å². The number of nitrogens with zero attached hydrogens (tertiary/aromatic N) is 4. The molecule has 130 valence electrons. The maximum atomic E-state index is 5.96. The minimum Gasteiger partial charge on any atom is -0.493 e. The van der Waals surface area contributed by atoms with Gasteiger partial charge in [-0.05, 0) is 36.8 Å². The molecule has 3 rings (SSSR count). The number of hydrogen-bond acceptors (Lipinski definition) is 5. The summed E-state index contributed by atoms with van der Waals surface area (Å²) in [5.74, 6) is 2.44. The highest BCUT2D eigenvalue weighted by Gasteiger charge is 2.13. The predicted molar refractivity (Wildman–Crippen MR) is 101 cm³/mol. The Morgan fingerprint density at radius 2 is 2.00 bits per heavy atom. The number of hydrogen-bond donors (Lipinski definition) is 0. The van der Waals surface area contributed by atoms with Crippen LogP contribution in [0.1, 0.15) is 13.3 Å². The zero-order valence-corrected chi connectivity index (χ0v) is 15.5. The van der Waals surface area contributed by atoms with Crippen LogP contribution in [-0.2, 0) is 6.54 Å². The minimum absolute atomic E-state index is 0.578. The molecule has 7 heteroatoms. The number of pyridine rings is 1. The van der Waals surface area contributed by atoms with Gasteiger partial charge in [0.15, 0.2) is 11.0 Å². The van der Waals surface area contributed by atoms with Crippen molar-refractivity contribution >= 4 is 23.4 Å². The maximum Gasteiger partial charge on any atom is 0.191 e. The third kappa shape index (κ3) is 4.74. The molecule has 0 radical (unpaired) electrons. The van der Waals surface area contributed by atoms with Gasteiger partial charge in [-0.15, -0.1) is 10.2 Å². The van der Waals surface area contributed by atoms with Gasteiger partial charge in [-0.25, -0.2) is 0 Å². The molecular formula is C18H19ClN4OS. The predicted octanol–water partition coefficient (Wildman–Crippen LogP) is 4.57. The molecule has 1 aromatic carbocycles. The summed E-state index contributed by atoms with van der Waals surface area (Å²) >= 11 is 7.60. The number of ether oxygens (including phenoxy) is 1. The Kier molecular flexibility index (Phi) is 6.30. The smallest absolute Gasteiger partial charge is 0.191 e. The lowest BCUT2D eigenvalue weighted by Crippen LogP contribution is -2.04. The highest BCUT2D eigenvalue weighted by atomic mass is 35.5. The van der Waals surface area contributed by atoms with E-state index >= 15 is 0 Å². The highest BCUT2D eigenvalue weighted by molar-refractivity contribution is 7.99. The van der Waals surface area contributed by atoms with E-state index < -0.39 is 0 Å².